The number of aliphatic hydroxyl groups excluding tert-OH is 4. The molecule has 0 saturated carbocycles. The molecule has 10 nitrogen and oxygen atoms in total. The third kappa shape index (κ3) is 23.5. The van der Waals surface area contributed by atoms with E-state index in [1.165, 1.54) is 96.3 Å². The maximum absolute atomic E-state index is 12.7. The van der Waals surface area contributed by atoms with Gasteiger partial charge in [-0.25, -0.2) is 0 Å². The van der Waals surface area contributed by atoms with Gasteiger partial charge in [-0.2, -0.15) is 0 Å². The largest absolute Gasteiger partial charge is 0.462 e. The number of unbranched alkanes of at least 4 members (excludes halogenated alkanes) is 19. The number of hydrogen-bond acceptors (Lipinski definition) is 10. The Hall–Kier alpha value is -1.56. The highest BCUT2D eigenvalue weighted by molar-refractivity contribution is 5.70. The van der Waals surface area contributed by atoms with Gasteiger partial charge in [0.15, 0.2) is 12.4 Å². The van der Waals surface area contributed by atoms with Crippen molar-refractivity contribution < 1.29 is 49.0 Å². The molecule has 10 heteroatoms. The maximum Gasteiger partial charge on any atom is 0.306 e. The van der Waals surface area contributed by atoms with E-state index in [9.17, 15) is 30.0 Å². The Balaban J connectivity index is 2.39. The van der Waals surface area contributed by atoms with Gasteiger partial charge in [0.25, 0.3) is 0 Å². The minimum Gasteiger partial charge on any atom is -0.462 e. The van der Waals surface area contributed by atoms with E-state index in [4.69, 9.17) is 18.9 Å². The second-order valence-corrected chi connectivity index (χ2v) is 13.7. The number of esters is 2. The van der Waals surface area contributed by atoms with Crippen molar-refractivity contribution in [3.8, 4) is 0 Å². The highest BCUT2D eigenvalue weighted by Gasteiger charge is 2.44. The molecular formula is C39H72O10. The van der Waals surface area contributed by atoms with Gasteiger partial charge in [0.1, 0.15) is 31.0 Å². The number of aliphatic hydroxyl groups is 4. The van der Waals surface area contributed by atoms with Crippen LogP contribution in [0.4, 0.5) is 0 Å². The van der Waals surface area contributed by atoms with Crippen LogP contribution in [0.25, 0.3) is 0 Å². The van der Waals surface area contributed by atoms with Crippen LogP contribution < -0.4 is 0 Å². The van der Waals surface area contributed by atoms with E-state index in [1.807, 2.05) is 0 Å². The summed E-state index contributed by atoms with van der Waals surface area (Å²) in [5, 5.41) is 39.9. The molecule has 0 aromatic carbocycles. The first kappa shape index (κ1) is 45.5. The monoisotopic (exact) mass is 701 g/mol. The van der Waals surface area contributed by atoms with Crippen molar-refractivity contribution >= 4 is 11.9 Å². The number of hydrogen-bond donors (Lipinski definition) is 4. The Morgan fingerprint density at radius 1 is 0.612 bits per heavy atom. The molecule has 0 aliphatic carbocycles. The summed E-state index contributed by atoms with van der Waals surface area (Å²) >= 11 is 0. The molecule has 0 bridgehead atoms. The fourth-order valence-corrected chi connectivity index (χ4v) is 5.95. The first-order valence-electron chi connectivity index (χ1n) is 19.8. The molecule has 1 saturated heterocycles. The van der Waals surface area contributed by atoms with E-state index in [1.54, 1.807) is 0 Å². The Morgan fingerprint density at radius 2 is 1.08 bits per heavy atom. The summed E-state index contributed by atoms with van der Waals surface area (Å²) in [4.78, 5) is 25.1. The first-order chi connectivity index (χ1) is 23.8. The Kier molecular flexibility index (Phi) is 28.9. The second-order valence-electron chi connectivity index (χ2n) is 13.7. The van der Waals surface area contributed by atoms with E-state index in [-0.39, 0.29) is 32.0 Å². The van der Waals surface area contributed by atoms with Crippen LogP contribution >= 0.6 is 0 Å². The van der Waals surface area contributed by atoms with Crippen LogP contribution in [0.5, 0.6) is 0 Å². The minimum absolute atomic E-state index is 0.203. The van der Waals surface area contributed by atoms with Crippen molar-refractivity contribution in [1.82, 2.24) is 0 Å². The van der Waals surface area contributed by atoms with Gasteiger partial charge in [0, 0.05) is 12.8 Å². The number of allylic oxidation sites excluding steroid dienone is 2. The molecule has 0 spiro atoms. The van der Waals surface area contributed by atoms with Gasteiger partial charge < -0.3 is 39.4 Å². The smallest absolute Gasteiger partial charge is 0.306 e. The van der Waals surface area contributed by atoms with Crippen LogP contribution in [0.1, 0.15) is 168 Å². The summed E-state index contributed by atoms with van der Waals surface area (Å²) in [5.41, 5.74) is 0. The van der Waals surface area contributed by atoms with Crippen LogP contribution in [0.3, 0.4) is 0 Å². The zero-order valence-corrected chi connectivity index (χ0v) is 30.9. The fourth-order valence-electron chi connectivity index (χ4n) is 5.95. The molecule has 4 N–H and O–H groups in total. The van der Waals surface area contributed by atoms with E-state index in [2.05, 4.69) is 26.0 Å². The Morgan fingerprint density at radius 3 is 1.63 bits per heavy atom. The lowest BCUT2D eigenvalue weighted by molar-refractivity contribution is -0.305. The molecule has 0 radical (unpaired) electrons. The van der Waals surface area contributed by atoms with E-state index < -0.39 is 49.4 Å². The van der Waals surface area contributed by atoms with Crippen molar-refractivity contribution in [2.24, 2.45) is 0 Å². The predicted molar refractivity (Wildman–Crippen MR) is 192 cm³/mol. The van der Waals surface area contributed by atoms with Crippen LogP contribution in [0.15, 0.2) is 12.2 Å². The molecule has 49 heavy (non-hydrogen) atoms. The van der Waals surface area contributed by atoms with Crippen molar-refractivity contribution in [3.63, 3.8) is 0 Å². The summed E-state index contributed by atoms with van der Waals surface area (Å²) in [7, 11) is 0. The van der Waals surface area contributed by atoms with Gasteiger partial charge in [0.05, 0.1) is 13.2 Å². The zero-order valence-electron chi connectivity index (χ0n) is 30.9. The molecule has 1 heterocycles. The molecule has 0 aromatic rings. The van der Waals surface area contributed by atoms with Gasteiger partial charge in [0.2, 0.25) is 0 Å². The van der Waals surface area contributed by atoms with E-state index in [0.717, 1.165) is 38.5 Å². The zero-order chi connectivity index (χ0) is 36.0. The highest BCUT2D eigenvalue weighted by Crippen LogP contribution is 2.22. The van der Waals surface area contributed by atoms with Crippen molar-refractivity contribution in [1.29, 1.82) is 0 Å². The SMILES string of the molecule is CCCCCCCCCCC/C=C/CCCCC(=O)O[C@H](COC(=O)CCCCCCCCCCC)CO[C@@H]1O[C@H](CO)[C@H](O)C(O)C1O. The molecule has 0 amide bonds. The third-order valence-electron chi connectivity index (χ3n) is 9.15. The fraction of sp³-hybridized carbons (Fsp3) is 0.897. The third-order valence-corrected chi connectivity index (χ3v) is 9.15. The van der Waals surface area contributed by atoms with Gasteiger partial charge >= 0.3 is 11.9 Å². The van der Waals surface area contributed by atoms with Crippen LogP contribution in [-0.4, -0.2) is 89.0 Å². The summed E-state index contributed by atoms with van der Waals surface area (Å²) in [6.07, 6.45) is 22.3. The predicted octanol–water partition coefficient (Wildman–Crippen LogP) is 7.22. The van der Waals surface area contributed by atoms with E-state index in [0.29, 0.717) is 6.42 Å². The van der Waals surface area contributed by atoms with E-state index >= 15 is 0 Å². The number of rotatable bonds is 32. The number of carbonyl (C=O) groups excluding carboxylic acids is 2. The summed E-state index contributed by atoms with van der Waals surface area (Å²) in [6, 6.07) is 0. The molecule has 1 aliphatic heterocycles. The normalized spacial score (nSPS) is 21.6. The number of ether oxygens (including phenoxy) is 4. The van der Waals surface area contributed by atoms with Gasteiger partial charge in [-0.3, -0.25) is 9.59 Å². The molecule has 0 aromatic heterocycles. The molecule has 6 atom stereocenters. The van der Waals surface area contributed by atoms with Crippen LogP contribution in [0, 0.1) is 0 Å². The highest BCUT2D eigenvalue weighted by atomic mass is 16.7. The maximum atomic E-state index is 12.7. The average Bonchev–Trinajstić information content (AvgIpc) is 3.10. The lowest BCUT2D eigenvalue weighted by Gasteiger charge is -2.39. The molecule has 1 rings (SSSR count). The lowest BCUT2D eigenvalue weighted by atomic mass is 9.99. The van der Waals surface area contributed by atoms with Crippen LogP contribution in [0.2, 0.25) is 0 Å². The van der Waals surface area contributed by atoms with Crippen molar-refractivity contribution in [2.45, 2.75) is 205 Å². The summed E-state index contributed by atoms with van der Waals surface area (Å²) in [6.45, 7) is 3.37. The quantitative estimate of drug-likeness (QED) is 0.0322. The van der Waals surface area contributed by atoms with Gasteiger partial charge in [-0.1, -0.05) is 129 Å². The molecule has 1 aliphatic rings. The molecule has 1 fully saturated rings. The van der Waals surface area contributed by atoms with Crippen molar-refractivity contribution in [2.75, 3.05) is 19.8 Å². The van der Waals surface area contributed by atoms with Gasteiger partial charge in [-0.05, 0) is 38.5 Å². The minimum atomic E-state index is -1.59. The standard InChI is InChI=1S/C39H72O10/c1-3-5-7-9-11-13-14-15-16-17-18-20-22-24-26-28-35(42)48-32(31-47-39-38(45)37(44)36(43)33(29-40)49-39)30-46-34(41)27-25-23-21-19-12-10-8-6-4-2/h18,20,32-33,36-40,43-45H,3-17,19,21-31H2,1-2H3/b20-18+/t32-,33-,36+,37?,38?,39-/m1/s1. The Labute approximate surface area is 297 Å². The molecular weight excluding hydrogens is 628 g/mol. The summed E-state index contributed by atoms with van der Waals surface area (Å²) in [5.74, 6) is -0.831. The second kappa shape index (κ2) is 31.2. The van der Waals surface area contributed by atoms with Crippen LogP contribution in [-0.2, 0) is 28.5 Å². The average molecular weight is 701 g/mol. The Bertz CT molecular complexity index is 820. The number of carbonyl (C=O) groups is 2. The lowest BCUT2D eigenvalue weighted by Crippen LogP contribution is -2.59. The van der Waals surface area contributed by atoms with Crippen molar-refractivity contribution in [3.05, 3.63) is 12.2 Å². The topological polar surface area (TPSA) is 152 Å². The van der Waals surface area contributed by atoms with Gasteiger partial charge in [-0.15, -0.1) is 0 Å². The molecule has 2 unspecified atom stereocenters. The first-order valence-corrected chi connectivity index (χ1v) is 19.8. The molecule has 288 valence electrons. The summed E-state index contributed by atoms with van der Waals surface area (Å²) < 4.78 is 22.0.